The molecule has 4 aliphatic heterocycles. The van der Waals surface area contributed by atoms with Crippen LogP contribution in [0.4, 0.5) is 15.5 Å². The van der Waals surface area contributed by atoms with Crippen molar-refractivity contribution in [2.24, 2.45) is 5.92 Å². The zero-order valence-corrected chi connectivity index (χ0v) is 28.0. The van der Waals surface area contributed by atoms with E-state index in [-0.39, 0.29) is 30.3 Å². The number of hydrogen-bond acceptors (Lipinski definition) is 6. The van der Waals surface area contributed by atoms with Gasteiger partial charge in [0, 0.05) is 50.2 Å². The number of halogens is 1. The van der Waals surface area contributed by atoms with Gasteiger partial charge in [-0.05, 0) is 93.1 Å². The summed E-state index contributed by atoms with van der Waals surface area (Å²) in [4.78, 5) is 49.1. The number of benzene rings is 1. The predicted octanol–water partition coefficient (Wildman–Crippen LogP) is 5.61. The molecule has 11 heteroatoms. The Kier molecular flexibility index (Phi) is 10.2. The number of nitrogens with zero attached hydrogens (tertiary/aromatic N) is 4. The maximum Gasteiger partial charge on any atom is 0.323 e. The van der Waals surface area contributed by atoms with E-state index >= 15 is 0 Å². The van der Waals surface area contributed by atoms with Crippen molar-refractivity contribution < 1.29 is 14.4 Å². The zero-order valence-electron chi connectivity index (χ0n) is 26.4. The highest BCUT2D eigenvalue weighted by Gasteiger charge is 2.36. The number of fused-ring (bicyclic) bond motifs is 1. The second kappa shape index (κ2) is 14.3. The molecular weight excluding hydrogens is 608 g/mol. The predicted molar refractivity (Wildman–Crippen MR) is 181 cm³/mol. The summed E-state index contributed by atoms with van der Waals surface area (Å²) < 4.78 is 0. The number of hydrogen-bond donors (Lipinski definition) is 2. The molecular formula is C34H47ClN6O3S. The van der Waals surface area contributed by atoms with E-state index in [2.05, 4.69) is 16.3 Å². The van der Waals surface area contributed by atoms with Gasteiger partial charge in [0.05, 0.1) is 23.2 Å². The molecule has 0 radical (unpaired) electrons. The summed E-state index contributed by atoms with van der Waals surface area (Å²) in [5.41, 5.74) is 9.86. The number of thiophene rings is 1. The topological polar surface area (TPSA) is 102 Å². The summed E-state index contributed by atoms with van der Waals surface area (Å²) in [6.07, 6.45) is 8.67. The van der Waals surface area contributed by atoms with Gasteiger partial charge in [0.25, 0.3) is 0 Å². The number of nitrogen functional groups attached to an aromatic ring is 1. The van der Waals surface area contributed by atoms with Crippen LogP contribution in [0.25, 0.3) is 0 Å². The van der Waals surface area contributed by atoms with Crippen LogP contribution in [0, 0.1) is 5.92 Å². The first-order valence-corrected chi connectivity index (χ1v) is 18.1. The Labute approximate surface area is 276 Å². The summed E-state index contributed by atoms with van der Waals surface area (Å²) in [6.45, 7) is 7.63. The molecule has 0 spiro atoms. The highest BCUT2D eigenvalue weighted by molar-refractivity contribution is 7.14. The van der Waals surface area contributed by atoms with E-state index in [9.17, 15) is 14.4 Å². The minimum atomic E-state index is -0.462. The lowest BCUT2D eigenvalue weighted by molar-refractivity contribution is -0.143. The summed E-state index contributed by atoms with van der Waals surface area (Å²) >= 11 is 8.06. The van der Waals surface area contributed by atoms with Crippen LogP contribution in [0.5, 0.6) is 0 Å². The number of rotatable bonds is 8. The third kappa shape index (κ3) is 7.28. The molecule has 0 saturated carbocycles. The van der Waals surface area contributed by atoms with E-state index in [4.69, 9.17) is 17.3 Å². The number of likely N-dealkylation sites (tertiary alicyclic amines) is 3. The minimum absolute atomic E-state index is 0.00970. The molecule has 1 aromatic carbocycles. The lowest BCUT2D eigenvalue weighted by Gasteiger charge is -2.41. The van der Waals surface area contributed by atoms with Crippen molar-refractivity contribution in [1.29, 1.82) is 0 Å². The smallest absolute Gasteiger partial charge is 0.323 e. The molecule has 4 aliphatic rings. The van der Waals surface area contributed by atoms with Crippen LogP contribution < -0.4 is 11.1 Å². The number of piperidine rings is 3. The summed E-state index contributed by atoms with van der Waals surface area (Å²) in [7, 11) is 0. The van der Waals surface area contributed by atoms with Gasteiger partial charge < -0.3 is 25.3 Å². The largest absolute Gasteiger partial charge is 0.397 e. The zero-order chi connectivity index (χ0) is 31.5. The Hall–Kier alpha value is -2.82. The number of carbonyl (C=O) groups is 3. The highest BCUT2D eigenvalue weighted by atomic mass is 35.5. The van der Waals surface area contributed by atoms with Gasteiger partial charge in [0.15, 0.2) is 0 Å². The van der Waals surface area contributed by atoms with Crippen molar-refractivity contribution in [3.05, 3.63) is 45.3 Å². The monoisotopic (exact) mass is 654 g/mol. The van der Waals surface area contributed by atoms with Gasteiger partial charge in [-0.3, -0.25) is 14.9 Å². The van der Waals surface area contributed by atoms with Gasteiger partial charge in [-0.25, -0.2) is 4.79 Å². The van der Waals surface area contributed by atoms with Crippen LogP contribution in [0.15, 0.2) is 23.6 Å². The Morgan fingerprint density at radius 2 is 1.69 bits per heavy atom. The molecule has 1 aromatic heterocycles. The van der Waals surface area contributed by atoms with Crippen molar-refractivity contribution >= 4 is 51.5 Å². The van der Waals surface area contributed by atoms with Gasteiger partial charge in [-0.2, -0.15) is 0 Å². The third-order valence-electron chi connectivity index (χ3n) is 10.4. The number of nitrogens with one attached hydrogen (secondary N) is 1. The SMILES string of the molecule is CCc1cc(C[C@@H](CC(=O)N2CCC(N3Cc4ccsc4NC3=O)CC2)C(=O)N2CCC(N3CCCCC3)CC2)cc(Cl)c1N. The quantitative estimate of drug-likeness (QED) is 0.361. The average Bonchev–Trinajstić information content (AvgIpc) is 3.53. The second-order valence-corrected chi connectivity index (χ2v) is 14.5. The van der Waals surface area contributed by atoms with Gasteiger partial charge in [0.2, 0.25) is 11.8 Å². The van der Waals surface area contributed by atoms with Crippen LogP contribution in [-0.2, 0) is 29.0 Å². The Morgan fingerprint density at radius 1 is 1.00 bits per heavy atom. The molecule has 0 unspecified atom stereocenters. The molecule has 0 bridgehead atoms. The lowest BCUT2D eigenvalue weighted by atomic mass is 9.90. The molecule has 3 fully saturated rings. The molecule has 1 atom stereocenters. The standard InChI is InChI=1S/C34H47ClN6O3S/c1-2-24-18-23(20-29(35)31(24)36)19-26(33(43)40-15-6-27(7-16-40)38-11-4-3-5-12-38)21-30(42)39-13-8-28(9-14-39)41-22-25-10-17-45-32(25)37-34(41)44/h10,17-18,20,26-28H,2-9,11-16,19,21-22,36H2,1H3,(H,37,44)/t26-/m0/s1. The van der Waals surface area contributed by atoms with Crippen molar-refractivity contribution in [1.82, 2.24) is 19.6 Å². The van der Waals surface area contributed by atoms with Gasteiger partial charge in [0.1, 0.15) is 5.00 Å². The number of aryl methyl sites for hydroxylation is 1. The molecule has 4 amide bonds. The summed E-state index contributed by atoms with van der Waals surface area (Å²) in [6, 6.07) is 6.55. The van der Waals surface area contributed by atoms with E-state index < -0.39 is 5.92 Å². The van der Waals surface area contributed by atoms with E-state index in [1.54, 1.807) is 11.3 Å². The summed E-state index contributed by atoms with van der Waals surface area (Å²) in [5, 5.41) is 6.46. The normalized spacial score (nSPS) is 21.0. The molecule has 3 N–H and O–H groups in total. The molecule has 2 aromatic rings. The van der Waals surface area contributed by atoms with Crippen LogP contribution in [0.3, 0.4) is 0 Å². The molecule has 0 aliphatic carbocycles. The number of urea groups is 1. The van der Waals surface area contributed by atoms with E-state index in [1.165, 1.54) is 32.4 Å². The minimum Gasteiger partial charge on any atom is -0.397 e. The number of amides is 4. The van der Waals surface area contributed by atoms with Crippen LogP contribution in [0.2, 0.25) is 5.02 Å². The summed E-state index contributed by atoms with van der Waals surface area (Å²) in [5.74, 6) is -0.385. The first-order valence-electron chi connectivity index (χ1n) is 16.8. The molecule has 6 rings (SSSR count). The second-order valence-electron chi connectivity index (χ2n) is 13.2. The average molecular weight is 655 g/mol. The van der Waals surface area contributed by atoms with Crippen LogP contribution >= 0.6 is 22.9 Å². The van der Waals surface area contributed by atoms with Gasteiger partial charge >= 0.3 is 6.03 Å². The number of anilines is 2. The maximum atomic E-state index is 14.1. The Bertz CT molecular complexity index is 1380. The van der Waals surface area contributed by atoms with E-state index in [1.807, 2.05) is 39.1 Å². The lowest BCUT2D eigenvalue weighted by Crippen LogP contribution is -2.52. The van der Waals surface area contributed by atoms with Gasteiger partial charge in [-0.1, -0.05) is 31.0 Å². The fraction of sp³-hybridized carbons (Fsp3) is 0.618. The maximum absolute atomic E-state index is 14.1. The fourth-order valence-electron chi connectivity index (χ4n) is 7.73. The third-order valence-corrected chi connectivity index (χ3v) is 11.6. The van der Waals surface area contributed by atoms with Crippen molar-refractivity contribution in [3.8, 4) is 0 Å². The molecule has 45 heavy (non-hydrogen) atoms. The first kappa shape index (κ1) is 32.1. The van der Waals surface area contributed by atoms with Crippen molar-refractivity contribution in [2.45, 2.75) is 89.8 Å². The van der Waals surface area contributed by atoms with E-state index in [0.717, 1.165) is 66.9 Å². The number of carbonyl (C=O) groups excluding carboxylic acids is 3. The van der Waals surface area contributed by atoms with Crippen LogP contribution in [0.1, 0.15) is 75.0 Å². The fourth-order valence-corrected chi connectivity index (χ4v) is 8.79. The van der Waals surface area contributed by atoms with Crippen molar-refractivity contribution in [3.63, 3.8) is 0 Å². The first-order chi connectivity index (χ1) is 21.8. The Balaban J connectivity index is 1.10. The highest BCUT2D eigenvalue weighted by Crippen LogP contribution is 2.33. The molecule has 3 saturated heterocycles. The number of nitrogens with two attached hydrogens (primary N) is 1. The van der Waals surface area contributed by atoms with Gasteiger partial charge in [-0.15, -0.1) is 11.3 Å². The van der Waals surface area contributed by atoms with E-state index in [0.29, 0.717) is 42.8 Å². The molecule has 5 heterocycles. The molecule has 9 nitrogen and oxygen atoms in total. The van der Waals surface area contributed by atoms with Crippen LogP contribution in [-0.4, -0.2) is 88.8 Å². The molecule has 244 valence electrons. The Morgan fingerprint density at radius 3 is 2.40 bits per heavy atom. The van der Waals surface area contributed by atoms with Crippen molar-refractivity contribution in [2.75, 3.05) is 50.3 Å².